The van der Waals surface area contributed by atoms with E-state index < -0.39 is 8.69 Å². The second-order valence-electron chi connectivity index (χ2n) is 2.35. The van der Waals surface area contributed by atoms with Crippen molar-refractivity contribution in [1.29, 1.82) is 0 Å². The van der Waals surface area contributed by atoms with Crippen molar-refractivity contribution in [2.75, 3.05) is 6.61 Å². The lowest BCUT2D eigenvalue weighted by Crippen LogP contribution is -1.84. The van der Waals surface area contributed by atoms with Crippen LogP contribution in [0.4, 0.5) is 0 Å². The molecule has 0 spiro atoms. The molecule has 0 N–H and O–H groups in total. The largest absolute Gasteiger partial charge is 0.494 e. The molecular formula is C7H16O2P+. The lowest BCUT2D eigenvalue weighted by molar-refractivity contribution is 0.328. The maximum atomic E-state index is 9.82. The summed E-state index contributed by atoms with van der Waals surface area (Å²) in [5.74, 6) is 0. The Morgan fingerprint density at radius 2 is 1.90 bits per heavy atom. The zero-order valence-corrected chi connectivity index (χ0v) is 7.56. The van der Waals surface area contributed by atoms with Crippen LogP contribution in [-0.4, -0.2) is 6.61 Å². The molecule has 0 heterocycles. The van der Waals surface area contributed by atoms with Crippen LogP contribution in [0.1, 0.15) is 39.0 Å². The molecule has 10 heavy (non-hydrogen) atoms. The van der Waals surface area contributed by atoms with Gasteiger partial charge in [0.1, 0.15) is 6.61 Å². The van der Waals surface area contributed by atoms with Crippen molar-refractivity contribution in [3.63, 3.8) is 0 Å². The van der Waals surface area contributed by atoms with Crippen LogP contribution in [0.2, 0.25) is 0 Å². The van der Waals surface area contributed by atoms with Crippen molar-refractivity contribution >= 4 is 8.69 Å². The van der Waals surface area contributed by atoms with Gasteiger partial charge >= 0.3 is 8.69 Å². The average molecular weight is 163 g/mol. The highest BCUT2D eigenvalue weighted by atomic mass is 31.1. The van der Waals surface area contributed by atoms with E-state index in [9.17, 15) is 4.57 Å². The normalized spacial score (nSPS) is 10.5. The first kappa shape index (κ1) is 10.1. The standard InChI is InChI=1S/C7H16O2P/c1-2-3-4-5-6-7-9-10-8/h10H,2-7H2,1H3/q+1. The van der Waals surface area contributed by atoms with Crippen LogP contribution in [0.25, 0.3) is 0 Å². The third kappa shape index (κ3) is 8.06. The molecule has 0 aliphatic rings. The number of hydrogen-bond donors (Lipinski definition) is 0. The Hall–Kier alpha value is 0.0600. The molecule has 0 aliphatic carbocycles. The topological polar surface area (TPSA) is 26.3 Å². The predicted octanol–water partition coefficient (Wildman–Crippen LogP) is 2.91. The molecule has 0 aliphatic heterocycles. The Balaban J connectivity index is 2.70. The van der Waals surface area contributed by atoms with Crippen LogP contribution < -0.4 is 0 Å². The van der Waals surface area contributed by atoms with Crippen molar-refractivity contribution in [3.8, 4) is 0 Å². The molecule has 0 rings (SSSR count). The number of rotatable bonds is 7. The summed E-state index contributed by atoms with van der Waals surface area (Å²) in [7, 11) is -0.580. The fraction of sp³-hybridized carbons (Fsp3) is 1.00. The van der Waals surface area contributed by atoms with Gasteiger partial charge in [0.15, 0.2) is 0 Å². The molecule has 0 aromatic carbocycles. The highest BCUT2D eigenvalue weighted by Gasteiger charge is 1.91. The van der Waals surface area contributed by atoms with Gasteiger partial charge < -0.3 is 0 Å². The molecule has 0 saturated carbocycles. The van der Waals surface area contributed by atoms with Crippen molar-refractivity contribution in [2.24, 2.45) is 0 Å². The molecule has 0 saturated heterocycles. The quantitative estimate of drug-likeness (QED) is 0.426. The minimum absolute atomic E-state index is 0.580. The second-order valence-corrected chi connectivity index (χ2v) is 2.80. The van der Waals surface area contributed by atoms with E-state index in [4.69, 9.17) is 0 Å². The highest BCUT2D eigenvalue weighted by Crippen LogP contribution is 2.04. The van der Waals surface area contributed by atoms with Gasteiger partial charge in [-0.3, -0.25) is 0 Å². The van der Waals surface area contributed by atoms with Crippen molar-refractivity contribution in [3.05, 3.63) is 0 Å². The van der Waals surface area contributed by atoms with E-state index in [1.54, 1.807) is 0 Å². The molecule has 3 heteroatoms. The number of unbranched alkanes of at least 4 members (excludes halogenated alkanes) is 4. The molecule has 0 aromatic rings. The van der Waals surface area contributed by atoms with Crippen LogP contribution in [0.5, 0.6) is 0 Å². The van der Waals surface area contributed by atoms with Crippen molar-refractivity contribution < 1.29 is 9.09 Å². The van der Waals surface area contributed by atoms with Crippen molar-refractivity contribution in [1.82, 2.24) is 0 Å². The highest BCUT2D eigenvalue weighted by molar-refractivity contribution is 7.17. The van der Waals surface area contributed by atoms with Gasteiger partial charge in [-0.1, -0.05) is 32.6 Å². The van der Waals surface area contributed by atoms with Gasteiger partial charge in [0.25, 0.3) is 0 Å². The minimum atomic E-state index is -0.580. The average Bonchev–Trinajstić information content (AvgIpc) is 1.97. The molecule has 0 bridgehead atoms. The van der Waals surface area contributed by atoms with E-state index in [2.05, 4.69) is 11.4 Å². The fourth-order valence-electron chi connectivity index (χ4n) is 0.819. The number of hydrogen-bond acceptors (Lipinski definition) is 2. The molecule has 0 fully saturated rings. The second kappa shape index (κ2) is 9.06. The first-order valence-corrected chi connectivity index (χ1v) is 4.72. The van der Waals surface area contributed by atoms with Crippen molar-refractivity contribution in [2.45, 2.75) is 39.0 Å². The summed E-state index contributed by atoms with van der Waals surface area (Å²) in [4.78, 5) is 0. The van der Waals surface area contributed by atoms with Gasteiger partial charge in [-0.25, -0.2) is 0 Å². The maximum Gasteiger partial charge on any atom is 0.494 e. The Labute approximate surface area is 64.2 Å². The van der Waals surface area contributed by atoms with Gasteiger partial charge in [0.2, 0.25) is 0 Å². The van der Waals surface area contributed by atoms with Crippen LogP contribution in [0.15, 0.2) is 0 Å². The molecule has 0 amide bonds. The van der Waals surface area contributed by atoms with Crippen LogP contribution in [0.3, 0.4) is 0 Å². The van der Waals surface area contributed by atoms with E-state index >= 15 is 0 Å². The Bertz CT molecular complexity index is 76.0. The van der Waals surface area contributed by atoms with E-state index in [0.717, 1.165) is 6.42 Å². The van der Waals surface area contributed by atoms with Crippen LogP contribution >= 0.6 is 8.69 Å². The van der Waals surface area contributed by atoms with Gasteiger partial charge in [0.05, 0.1) is 0 Å². The zero-order chi connectivity index (χ0) is 7.66. The van der Waals surface area contributed by atoms with E-state index in [-0.39, 0.29) is 0 Å². The van der Waals surface area contributed by atoms with Crippen LogP contribution in [0, 0.1) is 0 Å². The molecule has 60 valence electrons. The van der Waals surface area contributed by atoms with Crippen LogP contribution in [-0.2, 0) is 9.09 Å². The summed E-state index contributed by atoms with van der Waals surface area (Å²) in [5.41, 5.74) is 0. The summed E-state index contributed by atoms with van der Waals surface area (Å²) in [6.45, 7) is 2.85. The molecule has 0 aromatic heterocycles. The van der Waals surface area contributed by atoms with E-state index in [0.29, 0.717) is 6.61 Å². The van der Waals surface area contributed by atoms with Gasteiger partial charge in [-0.2, -0.15) is 0 Å². The minimum Gasteiger partial charge on any atom is -0.148 e. The van der Waals surface area contributed by atoms with E-state index in [1.165, 1.54) is 25.7 Å². The summed E-state index contributed by atoms with van der Waals surface area (Å²) < 4.78 is 14.5. The molecule has 0 radical (unpaired) electrons. The third-order valence-electron chi connectivity index (χ3n) is 1.41. The lowest BCUT2D eigenvalue weighted by atomic mass is 10.2. The molecule has 2 nitrogen and oxygen atoms in total. The Morgan fingerprint density at radius 3 is 2.50 bits per heavy atom. The first-order valence-electron chi connectivity index (χ1n) is 3.90. The maximum absolute atomic E-state index is 9.82. The summed E-state index contributed by atoms with van der Waals surface area (Å²) >= 11 is 0. The zero-order valence-electron chi connectivity index (χ0n) is 6.56. The summed E-state index contributed by atoms with van der Waals surface area (Å²) in [5, 5.41) is 0. The third-order valence-corrected chi connectivity index (χ3v) is 1.73. The molecule has 1 atom stereocenters. The van der Waals surface area contributed by atoms with Gasteiger partial charge in [-0.15, -0.1) is 4.52 Å². The van der Waals surface area contributed by atoms with Gasteiger partial charge in [-0.05, 0) is 11.0 Å². The smallest absolute Gasteiger partial charge is 0.148 e. The summed E-state index contributed by atoms with van der Waals surface area (Å²) in [6.07, 6.45) is 6.11. The molecule has 1 unspecified atom stereocenters. The van der Waals surface area contributed by atoms with Gasteiger partial charge in [0, 0.05) is 0 Å². The Morgan fingerprint density at radius 1 is 1.20 bits per heavy atom. The monoisotopic (exact) mass is 163 g/mol. The summed E-state index contributed by atoms with van der Waals surface area (Å²) in [6, 6.07) is 0. The molecular weight excluding hydrogens is 147 g/mol. The predicted molar refractivity (Wildman–Crippen MR) is 43.7 cm³/mol. The Kier molecular flexibility index (Phi) is 9.11. The SMILES string of the molecule is CCCCCCCO[PH+]=O. The lowest BCUT2D eigenvalue weighted by Gasteiger charge is -1.93. The first-order chi connectivity index (χ1) is 4.91. The van der Waals surface area contributed by atoms with E-state index in [1.807, 2.05) is 0 Å². The fourth-order valence-corrected chi connectivity index (χ4v) is 1.05.